The van der Waals surface area contributed by atoms with E-state index in [1.807, 2.05) is 0 Å². The van der Waals surface area contributed by atoms with E-state index in [0.717, 1.165) is 25.7 Å². The third kappa shape index (κ3) is 3.07. The number of carbonyl (C=O) groups is 1. The second-order valence-electron chi connectivity index (χ2n) is 5.74. The number of carboxylic acid groups (broad SMARTS) is 1. The minimum Gasteiger partial charge on any atom is -0.478 e. The quantitative estimate of drug-likeness (QED) is 0.778. The van der Waals surface area contributed by atoms with E-state index in [1.54, 1.807) is 6.92 Å². The first kappa shape index (κ1) is 14.7. The highest BCUT2D eigenvalue weighted by atomic mass is 16.4. The highest BCUT2D eigenvalue weighted by Crippen LogP contribution is 2.33. The van der Waals surface area contributed by atoms with E-state index in [0.29, 0.717) is 17.6 Å². The standard InChI is InChI=1S/C14H21N3O3/c1-9-3-5-14(8-18,6-4-9)17-13-15-7-11(12(19)20)10(2)16-13/h7,9,18H,3-6,8H2,1-2H3,(H,19,20)(H,15,16,17). The number of aryl methyl sites for hydroxylation is 1. The monoisotopic (exact) mass is 279 g/mol. The maximum Gasteiger partial charge on any atom is 0.339 e. The Kier molecular flexibility index (Phi) is 4.23. The van der Waals surface area contributed by atoms with Gasteiger partial charge >= 0.3 is 5.97 Å². The second-order valence-corrected chi connectivity index (χ2v) is 5.74. The van der Waals surface area contributed by atoms with E-state index in [9.17, 15) is 9.90 Å². The molecular formula is C14H21N3O3. The molecular weight excluding hydrogens is 258 g/mol. The molecule has 0 aliphatic heterocycles. The van der Waals surface area contributed by atoms with Crippen LogP contribution in [0.1, 0.15) is 48.7 Å². The van der Waals surface area contributed by atoms with Gasteiger partial charge in [0.05, 0.1) is 23.4 Å². The molecule has 1 saturated carbocycles. The molecule has 20 heavy (non-hydrogen) atoms. The summed E-state index contributed by atoms with van der Waals surface area (Å²) in [6.45, 7) is 3.89. The number of anilines is 1. The van der Waals surface area contributed by atoms with Gasteiger partial charge in [0.25, 0.3) is 0 Å². The molecule has 1 fully saturated rings. The summed E-state index contributed by atoms with van der Waals surface area (Å²) >= 11 is 0. The Labute approximate surface area is 118 Å². The number of nitrogens with one attached hydrogen (secondary N) is 1. The van der Waals surface area contributed by atoms with Crippen LogP contribution < -0.4 is 5.32 Å². The highest BCUT2D eigenvalue weighted by Gasteiger charge is 2.34. The molecule has 1 aliphatic rings. The Balaban J connectivity index is 2.16. The van der Waals surface area contributed by atoms with Gasteiger partial charge in [0.2, 0.25) is 5.95 Å². The fraction of sp³-hybridized carbons (Fsp3) is 0.643. The van der Waals surface area contributed by atoms with Crippen LogP contribution in [0.3, 0.4) is 0 Å². The lowest BCUT2D eigenvalue weighted by Gasteiger charge is -2.38. The number of aromatic carboxylic acids is 1. The van der Waals surface area contributed by atoms with Crippen molar-refractivity contribution >= 4 is 11.9 Å². The van der Waals surface area contributed by atoms with Crippen molar-refractivity contribution in [2.24, 2.45) is 5.92 Å². The summed E-state index contributed by atoms with van der Waals surface area (Å²) in [4.78, 5) is 19.2. The molecule has 0 saturated heterocycles. The minimum atomic E-state index is -1.03. The SMILES string of the molecule is Cc1nc(NC2(CO)CCC(C)CC2)ncc1C(=O)O. The molecule has 1 aromatic rings. The van der Waals surface area contributed by atoms with Crippen LogP contribution in [0, 0.1) is 12.8 Å². The van der Waals surface area contributed by atoms with Crippen LogP contribution in [-0.4, -0.2) is 38.3 Å². The van der Waals surface area contributed by atoms with Crippen LogP contribution >= 0.6 is 0 Å². The first-order valence-electron chi connectivity index (χ1n) is 6.92. The normalized spacial score (nSPS) is 26.2. The average Bonchev–Trinajstić information content (AvgIpc) is 2.41. The van der Waals surface area contributed by atoms with E-state index in [-0.39, 0.29) is 17.7 Å². The van der Waals surface area contributed by atoms with E-state index in [2.05, 4.69) is 22.2 Å². The zero-order valence-corrected chi connectivity index (χ0v) is 11.9. The van der Waals surface area contributed by atoms with Gasteiger partial charge in [-0.05, 0) is 38.5 Å². The van der Waals surface area contributed by atoms with Crippen molar-refractivity contribution in [3.8, 4) is 0 Å². The number of aliphatic hydroxyl groups is 1. The number of hydrogen-bond donors (Lipinski definition) is 3. The Morgan fingerprint density at radius 1 is 1.50 bits per heavy atom. The average molecular weight is 279 g/mol. The largest absolute Gasteiger partial charge is 0.478 e. The molecule has 3 N–H and O–H groups in total. The molecule has 0 bridgehead atoms. The molecule has 0 amide bonds. The predicted octanol–water partition coefficient (Wildman–Crippen LogP) is 1.84. The molecule has 0 unspecified atom stereocenters. The van der Waals surface area contributed by atoms with Gasteiger partial charge in [0.15, 0.2) is 0 Å². The summed E-state index contributed by atoms with van der Waals surface area (Å²) in [6, 6.07) is 0. The van der Waals surface area contributed by atoms with Crippen molar-refractivity contribution in [2.75, 3.05) is 11.9 Å². The fourth-order valence-corrected chi connectivity index (χ4v) is 2.61. The van der Waals surface area contributed by atoms with Gasteiger partial charge in [-0.15, -0.1) is 0 Å². The second kappa shape index (κ2) is 5.75. The van der Waals surface area contributed by atoms with Crippen LogP contribution in [0.2, 0.25) is 0 Å². The van der Waals surface area contributed by atoms with Crippen molar-refractivity contribution in [3.63, 3.8) is 0 Å². The molecule has 2 rings (SSSR count). The molecule has 0 radical (unpaired) electrons. The van der Waals surface area contributed by atoms with E-state index in [1.165, 1.54) is 6.20 Å². The van der Waals surface area contributed by atoms with Crippen molar-refractivity contribution in [1.82, 2.24) is 9.97 Å². The van der Waals surface area contributed by atoms with Crippen molar-refractivity contribution in [2.45, 2.75) is 45.1 Å². The summed E-state index contributed by atoms with van der Waals surface area (Å²) in [5.74, 6) is 0.0297. The predicted molar refractivity (Wildman–Crippen MR) is 74.8 cm³/mol. The molecule has 0 spiro atoms. The lowest BCUT2D eigenvalue weighted by Crippen LogP contribution is -2.45. The molecule has 1 heterocycles. The lowest BCUT2D eigenvalue weighted by atomic mass is 9.77. The summed E-state index contributed by atoms with van der Waals surface area (Å²) in [6.07, 6.45) is 5.16. The van der Waals surface area contributed by atoms with Gasteiger partial charge in [-0.25, -0.2) is 14.8 Å². The first-order chi connectivity index (χ1) is 9.46. The van der Waals surface area contributed by atoms with Crippen LogP contribution in [0.4, 0.5) is 5.95 Å². The number of hydrogen-bond acceptors (Lipinski definition) is 5. The summed E-state index contributed by atoms with van der Waals surface area (Å²) < 4.78 is 0. The molecule has 0 aromatic carbocycles. The molecule has 110 valence electrons. The molecule has 0 atom stereocenters. The van der Waals surface area contributed by atoms with Gasteiger partial charge in [-0.3, -0.25) is 0 Å². The maximum atomic E-state index is 10.9. The number of nitrogens with zero attached hydrogens (tertiary/aromatic N) is 2. The zero-order valence-electron chi connectivity index (χ0n) is 11.9. The highest BCUT2D eigenvalue weighted by molar-refractivity contribution is 5.88. The van der Waals surface area contributed by atoms with Crippen molar-refractivity contribution in [1.29, 1.82) is 0 Å². The van der Waals surface area contributed by atoms with Gasteiger partial charge in [-0.2, -0.15) is 0 Å². The minimum absolute atomic E-state index is 0.0306. The van der Waals surface area contributed by atoms with Crippen molar-refractivity contribution < 1.29 is 15.0 Å². The summed E-state index contributed by atoms with van der Waals surface area (Å²) in [5, 5.41) is 21.9. The lowest BCUT2D eigenvalue weighted by molar-refractivity contribution is 0.0695. The molecule has 6 nitrogen and oxygen atoms in total. The Morgan fingerprint density at radius 2 is 2.15 bits per heavy atom. The Hall–Kier alpha value is -1.69. The third-order valence-electron chi connectivity index (χ3n) is 4.12. The third-order valence-corrected chi connectivity index (χ3v) is 4.12. The Bertz CT molecular complexity index is 496. The maximum absolute atomic E-state index is 10.9. The number of aromatic nitrogens is 2. The summed E-state index contributed by atoms with van der Waals surface area (Å²) in [7, 11) is 0. The number of aliphatic hydroxyl groups excluding tert-OH is 1. The van der Waals surface area contributed by atoms with E-state index < -0.39 is 5.97 Å². The summed E-state index contributed by atoms with van der Waals surface area (Å²) in [5.41, 5.74) is 0.141. The van der Waals surface area contributed by atoms with Gasteiger partial charge in [-0.1, -0.05) is 6.92 Å². The number of rotatable bonds is 4. The first-order valence-corrected chi connectivity index (χ1v) is 6.92. The topological polar surface area (TPSA) is 95.3 Å². The van der Waals surface area contributed by atoms with Crippen LogP contribution in [0.5, 0.6) is 0 Å². The van der Waals surface area contributed by atoms with Gasteiger partial charge in [0, 0.05) is 6.20 Å². The van der Waals surface area contributed by atoms with Gasteiger partial charge in [0.1, 0.15) is 0 Å². The van der Waals surface area contributed by atoms with Crippen molar-refractivity contribution in [3.05, 3.63) is 17.5 Å². The molecule has 1 aliphatic carbocycles. The zero-order chi connectivity index (χ0) is 14.8. The number of carboxylic acids is 1. The Morgan fingerprint density at radius 3 is 2.65 bits per heavy atom. The smallest absolute Gasteiger partial charge is 0.339 e. The van der Waals surface area contributed by atoms with E-state index >= 15 is 0 Å². The van der Waals surface area contributed by atoms with Crippen LogP contribution in [0.25, 0.3) is 0 Å². The van der Waals surface area contributed by atoms with Crippen LogP contribution in [-0.2, 0) is 0 Å². The van der Waals surface area contributed by atoms with E-state index in [4.69, 9.17) is 5.11 Å². The molecule has 6 heteroatoms. The molecule has 1 aromatic heterocycles. The van der Waals surface area contributed by atoms with Gasteiger partial charge < -0.3 is 15.5 Å². The fourth-order valence-electron chi connectivity index (χ4n) is 2.61. The van der Waals surface area contributed by atoms with Crippen LogP contribution in [0.15, 0.2) is 6.20 Å².